The smallest absolute Gasteiger partial charge is 0.269 e. The van der Waals surface area contributed by atoms with Gasteiger partial charge >= 0.3 is 0 Å². The van der Waals surface area contributed by atoms with Crippen LogP contribution in [0.4, 0.5) is 11.4 Å². The van der Waals surface area contributed by atoms with Gasteiger partial charge in [-0.1, -0.05) is 30.3 Å². The number of non-ortho nitro benzene ring substituents is 1. The highest BCUT2D eigenvalue weighted by molar-refractivity contribution is 5.77. The Balaban J connectivity index is 2.25. The van der Waals surface area contributed by atoms with E-state index in [9.17, 15) is 15.3 Å². The van der Waals surface area contributed by atoms with Gasteiger partial charge in [-0.15, -0.1) is 10.3 Å². The maximum atomic E-state index is 12.7. The molecular weight excluding hydrogens is 334 g/mol. The summed E-state index contributed by atoms with van der Waals surface area (Å²) in [6, 6.07) is 15.0. The molecule has 7 nitrogen and oxygen atoms in total. The average molecular weight is 356 g/mol. The van der Waals surface area contributed by atoms with Crippen molar-refractivity contribution in [3.05, 3.63) is 70.3 Å². The summed E-state index contributed by atoms with van der Waals surface area (Å²) in [4.78, 5) is 14.5. The third kappa shape index (κ3) is 5.11. The zero-order chi connectivity index (χ0) is 19.3. The van der Waals surface area contributed by atoms with Crippen LogP contribution in [0.25, 0.3) is 0 Å². The molecule has 1 radical (unpaired) electrons. The molecular formula is C19H22N3O4. The van der Waals surface area contributed by atoms with Crippen molar-refractivity contribution in [2.24, 2.45) is 4.99 Å². The summed E-state index contributed by atoms with van der Waals surface area (Å²) >= 11 is 0. The second-order valence-corrected chi connectivity index (χ2v) is 6.78. The van der Waals surface area contributed by atoms with Crippen LogP contribution in [0, 0.1) is 10.1 Å². The van der Waals surface area contributed by atoms with Crippen molar-refractivity contribution in [1.82, 2.24) is 5.06 Å². The Bertz CT molecular complexity index is 768. The molecule has 2 aromatic carbocycles. The van der Waals surface area contributed by atoms with Gasteiger partial charge in [-0.2, -0.15) is 0 Å². The molecule has 1 atom stereocenters. The molecule has 0 N–H and O–H groups in total. The van der Waals surface area contributed by atoms with Gasteiger partial charge in [0.05, 0.1) is 10.6 Å². The quantitative estimate of drug-likeness (QED) is 0.253. The van der Waals surface area contributed by atoms with Gasteiger partial charge in [-0.05, 0) is 32.9 Å². The van der Waals surface area contributed by atoms with Crippen molar-refractivity contribution in [2.45, 2.75) is 39.5 Å². The van der Waals surface area contributed by atoms with Crippen molar-refractivity contribution in [1.29, 1.82) is 0 Å². The first-order valence-electron chi connectivity index (χ1n) is 8.16. The first-order chi connectivity index (χ1) is 12.2. The average Bonchev–Trinajstić information content (AvgIpc) is 2.59. The molecule has 0 aromatic heterocycles. The topological polar surface area (TPSA) is 87.9 Å². The van der Waals surface area contributed by atoms with E-state index in [1.807, 2.05) is 51.1 Å². The highest BCUT2D eigenvalue weighted by Crippen LogP contribution is 2.28. The van der Waals surface area contributed by atoms with Gasteiger partial charge in [0, 0.05) is 30.2 Å². The van der Waals surface area contributed by atoms with Crippen LogP contribution in [-0.2, 0) is 9.94 Å². The Labute approximate surface area is 152 Å². The Morgan fingerprint density at radius 1 is 1.12 bits per heavy atom. The third-order valence-electron chi connectivity index (χ3n) is 3.59. The predicted molar refractivity (Wildman–Crippen MR) is 98.4 cm³/mol. The Morgan fingerprint density at radius 3 is 2.19 bits per heavy atom. The van der Waals surface area contributed by atoms with Crippen LogP contribution in [-0.4, -0.2) is 21.4 Å². The minimum Gasteiger partial charge on any atom is -0.456 e. The van der Waals surface area contributed by atoms with E-state index in [-0.39, 0.29) is 11.6 Å². The van der Waals surface area contributed by atoms with Gasteiger partial charge in [0.15, 0.2) is 5.90 Å². The minimum atomic E-state index is -0.849. The number of nitro groups is 1. The number of benzene rings is 2. The van der Waals surface area contributed by atoms with E-state index in [2.05, 4.69) is 4.99 Å². The number of aliphatic imine (C=N–C) groups is 1. The number of nitrogens with zero attached hydrogens (tertiary/aromatic N) is 3. The van der Waals surface area contributed by atoms with Gasteiger partial charge in [0.25, 0.3) is 5.69 Å². The maximum absolute atomic E-state index is 12.7. The monoisotopic (exact) mass is 356 g/mol. The van der Waals surface area contributed by atoms with Crippen LogP contribution >= 0.6 is 0 Å². The predicted octanol–water partition coefficient (Wildman–Crippen LogP) is 4.81. The Hall–Kier alpha value is -2.77. The van der Waals surface area contributed by atoms with E-state index in [4.69, 9.17) is 4.74 Å². The molecule has 0 spiro atoms. The standard InChI is InChI=1S/C19H22N3O4/c1-14(20-16-10-12-17(13-11-16)22(24)25)26-18(21(23)19(2,3)4)15-8-6-5-7-9-15/h5-13,18H,1-4H3. The van der Waals surface area contributed by atoms with E-state index in [0.717, 1.165) is 10.6 Å². The van der Waals surface area contributed by atoms with Crippen molar-refractivity contribution >= 4 is 17.3 Å². The summed E-state index contributed by atoms with van der Waals surface area (Å²) in [5, 5.41) is 24.3. The summed E-state index contributed by atoms with van der Waals surface area (Å²) in [7, 11) is 0. The lowest BCUT2D eigenvalue weighted by atomic mass is 10.1. The van der Waals surface area contributed by atoms with Crippen molar-refractivity contribution in [3.8, 4) is 0 Å². The molecule has 26 heavy (non-hydrogen) atoms. The lowest BCUT2D eigenvalue weighted by Gasteiger charge is -2.34. The molecule has 0 aliphatic carbocycles. The lowest BCUT2D eigenvalue weighted by Crippen LogP contribution is -2.41. The van der Waals surface area contributed by atoms with Gasteiger partial charge < -0.3 is 4.74 Å². The molecule has 0 fully saturated rings. The summed E-state index contributed by atoms with van der Waals surface area (Å²) in [5.74, 6) is 0.290. The van der Waals surface area contributed by atoms with Crippen molar-refractivity contribution < 1.29 is 14.9 Å². The van der Waals surface area contributed by atoms with Crippen LogP contribution < -0.4 is 0 Å². The maximum Gasteiger partial charge on any atom is 0.269 e. The van der Waals surface area contributed by atoms with E-state index < -0.39 is 16.7 Å². The Kier molecular flexibility index (Phi) is 6.07. The van der Waals surface area contributed by atoms with E-state index in [1.54, 1.807) is 6.92 Å². The van der Waals surface area contributed by atoms with Gasteiger partial charge in [-0.25, -0.2) is 4.99 Å². The molecule has 0 amide bonds. The minimum absolute atomic E-state index is 0.0110. The molecule has 7 heteroatoms. The number of nitro benzene ring substituents is 1. The summed E-state index contributed by atoms with van der Waals surface area (Å²) < 4.78 is 5.84. The van der Waals surface area contributed by atoms with Gasteiger partial charge in [0.2, 0.25) is 6.23 Å². The molecule has 2 rings (SSSR count). The first-order valence-corrected chi connectivity index (χ1v) is 8.16. The zero-order valence-electron chi connectivity index (χ0n) is 15.2. The highest BCUT2D eigenvalue weighted by atomic mass is 16.6. The number of hydrogen-bond acceptors (Lipinski definition) is 5. The molecule has 0 saturated heterocycles. The number of ether oxygens (including phenoxy) is 1. The lowest BCUT2D eigenvalue weighted by molar-refractivity contribution is -0.384. The fourth-order valence-corrected chi connectivity index (χ4v) is 2.24. The molecule has 1 unspecified atom stereocenters. The SMILES string of the molecule is CC(=Nc1ccc([N+](=O)[O-])cc1)OC(c1ccccc1)N([O])C(C)(C)C. The molecule has 2 aromatic rings. The second kappa shape index (κ2) is 8.07. The summed E-state index contributed by atoms with van der Waals surface area (Å²) in [5.41, 5.74) is 0.556. The fraction of sp³-hybridized carbons (Fsp3) is 0.316. The summed E-state index contributed by atoms with van der Waals surface area (Å²) in [6.45, 7) is 7.07. The first kappa shape index (κ1) is 19.6. The Morgan fingerprint density at radius 2 is 1.69 bits per heavy atom. The molecule has 0 aliphatic heterocycles. The molecule has 0 aliphatic rings. The fourth-order valence-electron chi connectivity index (χ4n) is 2.24. The van der Waals surface area contributed by atoms with Gasteiger partial charge in [-0.3, -0.25) is 10.1 Å². The van der Waals surface area contributed by atoms with Crippen LogP contribution in [0.2, 0.25) is 0 Å². The van der Waals surface area contributed by atoms with E-state index in [1.165, 1.54) is 24.3 Å². The molecule has 137 valence electrons. The molecule has 0 heterocycles. The van der Waals surface area contributed by atoms with Crippen molar-refractivity contribution in [2.75, 3.05) is 0 Å². The van der Waals surface area contributed by atoms with Crippen molar-refractivity contribution in [3.63, 3.8) is 0 Å². The summed E-state index contributed by atoms with van der Waals surface area (Å²) in [6.07, 6.45) is -0.849. The van der Waals surface area contributed by atoms with E-state index in [0.29, 0.717) is 5.69 Å². The zero-order valence-corrected chi connectivity index (χ0v) is 15.2. The normalized spacial score (nSPS) is 13.5. The molecule has 0 bridgehead atoms. The van der Waals surface area contributed by atoms with Crippen LogP contribution in [0.15, 0.2) is 59.6 Å². The second-order valence-electron chi connectivity index (χ2n) is 6.78. The molecule has 0 saturated carbocycles. The largest absolute Gasteiger partial charge is 0.456 e. The number of hydrogen-bond donors (Lipinski definition) is 0. The van der Waals surface area contributed by atoms with E-state index >= 15 is 0 Å². The third-order valence-corrected chi connectivity index (χ3v) is 3.59. The van der Waals surface area contributed by atoms with Crippen LogP contribution in [0.1, 0.15) is 39.5 Å². The van der Waals surface area contributed by atoms with Gasteiger partial charge in [0.1, 0.15) is 0 Å². The highest BCUT2D eigenvalue weighted by Gasteiger charge is 2.32. The number of hydroxylamine groups is 2. The number of rotatable bonds is 5. The van der Waals surface area contributed by atoms with Crippen LogP contribution in [0.5, 0.6) is 0 Å². The van der Waals surface area contributed by atoms with Crippen LogP contribution in [0.3, 0.4) is 0 Å².